The molecule has 0 aliphatic carbocycles. The summed E-state index contributed by atoms with van der Waals surface area (Å²) in [5.41, 5.74) is 2.49. The first kappa shape index (κ1) is 21.5. The molecule has 166 valence electrons. The van der Waals surface area contributed by atoms with Crippen LogP contribution in [0, 0.1) is 0 Å². The highest BCUT2D eigenvalue weighted by molar-refractivity contribution is 7.14. The number of para-hydroxylation sites is 2. The molecule has 1 aromatic heterocycles. The lowest BCUT2D eigenvalue weighted by atomic mass is 10.1. The summed E-state index contributed by atoms with van der Waals surface area (Å²) in [5, 5.41) is 10.9. The zero-order valence-corrected chi connectivity index (χ0v) is 18.4. The summed E-state index contributed by atoms with van der Waals surface area (Å²) in [5.74, 6) is -0.862. The highest BCUT2D eigenvalue weighted by atomic mass is 32.1. The SMILES string of the molecule is CCOC(=O)C1=C(C)Nc2ccccc2N=C1NC(=O)Cc1csc(N2CCNC2=O)n1. The Morgan fingerprint density at radius 2 is 2.12 bits per heavy atom. The average molecular weight is 455 g/mol. The third-order valence-electron chi connectivity index (χ3n) is 4.78. The Labute approximate surface area is 188 Å². The maximum atomic E-state index is 12.8. The topological polar surface area (TPSA) is 125 Å². The van der Waals surface area contributed by atoms with Gasteiger partial charge in [0.15, 0.2) is 5.13 Å². The minimum absolute atomic E-state index is 0.0325. The zero-order chi connectivity index (χ0) is 22.7. The number of carbonyl (C=O) groups is 3. The van der Waals surface area contributed by atoms with Crippen LogP contribution in [0.15, 0.2) is 45.9 Å². The number of benzene rings is 1. The average Bonchev–Trinajstić information content (AvgIpc) is 3.34. The minimum Gasteiger partial charge on any atom is -0.462 e. The van der Waals surface area contributed by atoms with E-state index in [2.05, 4.69) is 25.9 Å². The number of thiazole rings is 1. The molecule has 32 heavy (non-hydrogen) atoms. The van der Waals surface area contributed by atoms with E-state index in [0.29, 0.717) is 41.0 Å². The number of aromatic nitrogens is 1. The molecule has 3 amide bonds. The van der Waals surface area contributed by atoms with Crippen molar-refractivity contribution in [1.82, 2.24) is 15.6 Å². The number of allylic oxidation sites excluding steroid dienone is 1. The molecule has 2 aliphatic heterocycles. The Kier molecular flexibility index (Phi) is 6.17. The summed E-state index contributed by atoms with van der Waals surface area (Å²) in [6.45, 7) is 4.72. The van der Waals surface area contributed by atoms with Crippen LogP contribution < -0.4 is 20.9 Å². The molecular formula is C21H22N6O4S. The lowest BCUT2D eigenvalue weighted by Crippen LogP contribution is -2.36. The Balaban J connectivity index is 1.56. The quantitative estimate of drug-likeness (QED) is 0.596. The first-order valence-electron chi connectivity index (χ1n) is 10.1. The summed E-state index contributed by atoms with van der Waals surface area (Å²) < 4.78 is 5.18. The molecule has 0 spiro atoms. The second-order valence-corrected chi connectivity index (χ2v) is 7.89. The van der Waals surface area contributed by atoms with Crippen LogP contribution >= 0.6 is 11.3 Å². The van der Waals surface area contributed by atoms with Gasteiger partial charge in [0.2, 0.25) is 5.91 Å². The van der Waals surface area contributed by atoms with Gasteiger partial charge in [0.05, 0.1) is 30.1 Å². The summed E-state index contributed by atoms with van der Waals surface area (Å²) in [4.78, 5) is 47.7. The Morgan fingerprint density at radius 1 is 1.31 bits per heavy atom. The molecule has 1 aromatic carbocycles. The number of esters is 1. The van der Waals surface area contributed by atoms with E-state index >= 15 is 0 Å². The summed E-state index contributed by atoms with van der Waals surface area (Å²) in [6.07, 6.45) is -0.0325. The van der Waals surface area contributed by atoms with Crippen LogP contribution in [-0.4, -0.2) is 48.4 Å². The number of nitrogens with one attached hydrogen (secondary N) is 3. The van der Waals surface area contributed by atoms with E-state index in [9.17, 15) is 14.4 Å². The van der Waals surface area contributed by atoms with E-state index in [-0.39, 0.29) is 36.4 Å². The lowest BCUT2D eigenvalue weighted by Gasteiger charge is -2.13. The number of anilines is 2. The molecule has 1 saturated heterocycles. The van der Waals surface area contributed by atoms with Crippen LogP contribution in [0.4, 0.5) is 21.3 Å². The number of urea groups is 1. The Hall–Kier alpha value is -3.73. The third-order valence-corrected chi connectivity index (χ3v) is 5.69. The van der Waals surface area contributed by atoms with E-state index in [1.165, 1.54) is 16.2 Å². The second kappa shape index (κ2) is 9.18. The molecule has 3 N–H and O–H groups in total. The van der Waals surface area contributed by atoms with Crippen molar-refractivity contribution in [3.63, 3.8) is 0 Å². The largest absolute Gasteiger partial charge is 0.462 e. The molecule has 0 atom stereocenters. The van der Waals surface area contributed by atoms with Gasteiger partial charge in [-0.25, -0.2) is 19.6 Å². The van der Waals surface area contributed by atoms with Gasteiger partial charge in [-0.3, -0.25) is 9.69 Å². The summed E-state index contributed by atoms with van der Waals surface area (Å²) in [7, 11) is 0. The van der Waals surface area contributed by atoms with E-state index < -0.39 is 5.97 Å². The normalized spacial score (nSPS) is 15.4. The molecule has 0 bridgehead atoms. The molecule has 0 radical (unpaired) electrons. The molecule has 0 saturated carbocycles. The predicted octanol–water partition coefficient (Wildman–Crippen LogP) is 2.32. The number of amides is 3. The van der Waals surface area contributed by atoms with Crippen molar-refractivity contribution in [3.8, 4) is 0 Å². The standard InChI is InChI=1S/C21H22N6O4S/c1-3-31-19(29)17-12(2)23-14-6-4-5-7-15(14)25-18(17)26-16(28)10-13-11-32-21(24-13)27-9-8-22-20(27)30/h4-7,11,23H,3,8-10H2,1-2H3,(H,22,30)(H,25,26,28). The monoisotopic (exact) mass is 454 g/mol. The Bertz CT molecular complexity index is 1140. The van der Waals surface area contributed by atoms with Crippen molar-refractivity contribution in [2.45, 2.75) is 20.3 Å². The number of hydrogen-bond acceptors (Lipinski definition) is 8. The smallest absolute Gasteiger partial charge is 0.343 e. The molecule has 3 heterocycles. The number of fused-ring (bicyclic) bond motifs is 1. The van der Waals surface area contributed by atoms with E-state index in [4.69, 9.17) is 4.74 Å². The predicted molar refractivity (Wildman–Crippen MR) is 121 cm³/mol. The van der Waals surface area contributed by atoms with Gasteiger partial charge < -0.3 is 20.7 Å². The Morgan fingerprint density at radius 3 is 2.88 bits per heavy atom. The van der Waals surface area contributed by atoms with Crippen molar-refractivity contribution in [2.75, 3.05) is 29.9 Å². The van der Waals surface area contributed by atoms with Crippen LogP contribution in [-0.2, 0) is 20.7 Å². The van der Waals surface area contributed by atoms with Gasteiger partial charge >= 0.3 is 12.0 Å². The minimum atomic E-state index is -0.583. The molecule has 10 nitrogen and oxygen atoms in total. The number of hydrogen-bond donors (Lipinski definition) is 3. The van der Waals surface area contributed by atoms with Gasteiger partial charge in [0.1, 0.15) is 11.4 Å². The fourth-order valence-corrected chi connectivity index (χ4v) is 4.18. The van der Waals surface area contributed by atoms with Crippen molar-refractivity contribution in [2.24, 2.45) is 4.99 Å². The maximum Gasteiger partial charge on any atom is 0.343 e. The molecule has 0 unspecified atom stereocenters. The summed E-state index contributed by atoms with van der Waals surface area (Å²) >= 11 is 1.30. The number of ether oxygens (including phenoxy) is 1. The van der Waals surface area contributed by atoms with E-state index in [1.54, 1.807) is 25.3 Å². The van der Waals surface area contributed by atoms with E-state index in [0.717, 1.165) is 0 Å². The fourth-order valence-electron chi connectivity index (χ4n) is 3.34. The van der Waals surface area contributed by atoms with Gasteiger partial charge in [-0.2, -0.15) is 0 Å². The van der Waals surface area contributed by atoms with Crippen molar-refractivity contribution in [1.29, 1.82) is 0 Å². The first-order chi connectivity index (χ1) is 15.5. The molecule has 2 aliphatic rings. The van der Waals surface area contributed by atoms with Crippen LogP contribution in [0.1, 0.15) is 19.5 Å². The molecule has 11 heteroatoms. The van der Waals surface area contributed by atoms with Gasteiger partial charge in [-0.1, -0.05) is 12.1 Å². The number of rotatable bonds is 5. The molecule has 2 aromatic rings. The highest BCUT2D eigenvalue weighted by Crippen LogP contribution is 2.30. The van der Waals surface area contributed by atoms with Crippen molar-refractivity contribution >= 4 is 51.6 Å². The van der Waals surface area contributed by atoms with Gasteiger partial charge in [-0.05, 0) is 26.0 Å². The highest BCUT2D eigenvalue weighted by Gasteiger charge is 2.27. The van der Waals surface area contributed by atoms with Crippen molar-refractivity contribution in [3.05, 3.63) is 46.6 Å². The zero-order valence-electron chi connectivity index (χ0n) is 17.6. The van der Waals surface area contributed by atoms with E-state index in [1.807, 2.05) is 18.2 Å². The molecule has 4 rings (SSSR count). The molecular weight excluding hydrogens is 432 g/mol. The number of amidine groups is 1. The van der Waals surface area contributed by atoms with Crippen LogP contribution in [0.2, 0.25) is 0 Å². The van der Waals surface area contributed by atoms with Crippen LogP contribution in [0.5, 0.6) is 0 Å². The third kappa shape index (κ3) is 4.47. The maximum absolute atomic E-state index is 12.8. The van der Waals surface area contributed by atoms with Crippen molar-refractivity contribution < 1.29 is 19.1 Å². The fraction of sp³-hybridized carbons (Fsp3) is 0.286. The van der Waals surface area contributed by atoms with Gasteiger partial charge in [0, 0.05) is 24.2 Å². The lowest BCUT2D eigenvalue weighted by molar-refractivity contribution is -0.137. The number of aliphatic imine (C=N–C) groups is 1. The first-order valence-corrected chi connectivity index (χ1v) is 11.0. The summed E-state index contributed by atoms with van der Waals surface area (Å²) in [6, 6.07) is 7.08. The van der Waals surface area contributed by atoms with Gasteiger partial charge in [-0.15, -0.1) is 11.3 Å². The molecule has 1 fully saturated rings. The number of carbonyl (C=O) groups excluding carboxylic acids is 3. The van der Waals surface area contributed by atoms with Crippen LogP contribution in [0.25, 0.3) is 0 Å². The van der Waals surface area contributed by atoms with Gasteiger partial charge in [0.25, 0.3) is 0 Å². The second-order valence-electron chi connectivity index (χ2n) is 7.05. The van der Waals surface area contributed by atoms with Crippen LogP contribution in [0.3, 0.4) is 0 Å². The number of nitrogens with zero attached hydrogens (tertiary/aromatic N) is 3.